The molecular weight excluding hydrogens is 436 g/mol. The number of piperidine rings is 1. The molecule has 1 aliphatic carbocycles. The van der Waals surface area contributed by atoms with Crippen molar-refractivity contribution in [2.75, 3.05) is 19.7 Å². The zero-order valence-electron chi connectivity index (χ0n) is 19.4. The van der Waals surface area contributed by atoms with Gasteiger partial charge >= 0.3 is 12.1 Å². The zero-order chi connectivity index (χ0) is 24.5. The van der Waals surface area contributed by atoms with Crippen molar-refractivity contribution in [2.24, 2.45) is 5.92 Å². The fourth-order valence-electron chi connectivity index (χ4n) is 4.88. The first kappa shape index (κ1) is 23.8. The molecule has 0 bridgehead atoms. The molecule has 2 atom stereocenters. The van der Waals surface area contributed by atoms with Gasteiger partial charge in [0.1, 0.15) is 12.6 Å². The van der Waals surface area contributed by atoms with Gasteiger partial charge in [-0.05, 0) is 41.0 Å². The van der Waals surface area contributed by atoms with Crippen LogP contribution in [0.5, 0.6) is 0 Å². The predicted octanol–water partition coefficient (Wildman–Crippen LogP) is 2.99. The Kier molecular flexibility index (Phi) is 6.61. The fraction of sp³-hybridized carbons (Fsp3) is 0.423. The van der Waals surface area contributed by atoms with Gasteiger partial charge in [-0.2, -0.15) is 0 Å². The highest BCUT2D eigenvalue weighted by atomic mass is 16.5. The highest BCUT2D eigenvalue weighted by Gasteiger charge is 2.43. The molecule has 2 aromatic rings. The summed E-state index contributed by atoms with van der Waals surface area (Å²) in [6, 6.07) is 15.2. The molecule has 0 radical (unpaired) electrons. The summed E-state index contributed by atoms with van der Waals surface area (Å²) in [6.45, 7) is 3.72. The molecule has 180 valence electrons. The summed E-state index contributed by atoms with van der Waals surface area (Å²) >= 11 is 0. The molecule has 1 heterocycles. The van der Waals surface area contributed by atoms with Crippen LogP contribution in [0.3, 0.4) is 0 Å². The van der Waals surface area contributed by atoms with Gasteiger partial charge in [-0.3, -0.25) is 4.79 Å². The molecule has 0 spiro atoms. The number of amides is 2. The highest BCUT2D eigenvalue weighted by Crippen LogP contribution is 2.44. The SMILES string of the molecule is CC(C)[C@@H](NC(=O)OCC1c2ccccc2-c2ccccc21)C(=O)N1CCCC(O)(C(=O)O)C1. The van der Waals surface area contributed by atoms with Crippen molar-refractivity contribution < 1.29 is 29.3 Å². The summed E-state index contributed by atoms with van der Waals surface area (Å²) in [4.78, 5) is 38.6. The van der Waals surface area contributed by atoms with E-state index >= 15 is 0 Å². The number of carboxylic acid groups (broad SMARTS) is 1. The maximum Gasteiger partial charge on any atom is 0.407 e. The van der Waals surface area contributed by atoms with Gasteiger partial charge in [0.05, 0.1) is 6.54 Å². The number of carbonyl (C=O) groups excluding carboxylic acids is 2. The van der Waals surface area contributed by atoms with Crippen LogP contribution in [0, 0.1) is 5.92 Å². The minimum Gasteiger partial charge on any atom is -0.479 e. The molecule has 1 aliphatic heterocycles. The van der Waals surface area contributed by atoms with E-state index in [1.54, 1.807) is 13.8 Å². The zero-order valence-corrected chi connectivity index (χ0v) is 19.4. The van der Waals surface area contributed by atoms with Crippen LogP contribution < -0.4 is 5.32 Å². The molecule has 1 saturated heterocycles. The minimum absolute atomic E-state index is 0.0816. The van der Waals surface area contributed by atoms with Gasteiger partial charge in [0.2, 0.25) is 5.91 Å². The number of rotatable bonds is 6. The number of fused-ring (bicyclic) bond motifs is 3. The molecule has 8 heteroatoms. The van der Waals surface area contributed by atoms with Gasteiger partial charge in [0.15, 0.2) is 5.60 Å². The lowest BCUT2D eigenvalue weighted by atomic mass is 9.91. The Bertz CT molecular complexity index is 1050. The third kappa shape index (κ3) is 4.50. The first-order valence-electron chi connectivity index (χ1n) is 11.6. The van der Waals surface area contributed by atoms with E-state index in [1.165, 1.54) is 4.90 Å². The number of nitrogens with one attached hydrogen (secondary N) is 1. The maximum atomic E-state index is 13.1. The van der Waals surface area contributed by atoms with Crippen LogP contribution in [0.1, 0.15) is 43.7 Å². The lowest BCUT2D eigenvalue weighted by Gasteiger charge is -2.38. The van der Waals surface area contributed by atoms with Gasteiger partial charge in [0, 0.05) is 12.5 Å². The number of aliphatic hydroxyl groups is 1. The molecule has 2 aromatic carbocycles. The number of nitrogens with zero attached hydrogens (tertiary/aromatic N) is 1. The monoisotopic (exact) mass is 466 g/mol. The molecule has 4 rings (SSSR count). The number of β-amino-alcohol motifs (C(OH)–C–C–N with tert-alkyl or cyclic N) is 1. The van der Waals surface area contributed by atoms with Crippen LogP contribution in [-0.4, -0.2) is 64.4 Å². The molecule has 0 aromatic heterocycles. The molecule has 1 fully saturated rings. The third-order valence-electron chi connectivity index (χ3n) is 6.73. The number of carbonyl (C=O) groups is 3. The Balaban J connectivity index is 1.42. The van der Waals surface area contributed by atoms with E-state index in [0.717, 1.165) is 22.3 Å². The standard InChI is InChI=1S/C26H30N2O6/c1-16(2)22(23(29)28-13-7-12-26(33,15-28)24(30)31)27-25(32)34-14-21-19-10-5-3-8-17(19)18-9-4-6-11-20(18)21/h3-6,8-11,16,21-22,33H,7,12-15H2,1-2H3,(H,27,32)(H,30,31)/t22-,26?/m1/s1. The highest BCUT2D eigenvalue weighted by molar-refractivity contribution is 5.87. The quantitative estimate of drug-likeness (QED) is 0.603. The van der Waals surface area contributed by atoms with Crippen LogP contribution in [0.25, 0.3) is 11.1 Å². The normalized spacial score (nSPS) is 20.4. The Morgan fingerprint density at radius 2 is 1.68 bits per heavy atom. The summed E-state index contributed by atoms with van der Waals surface area (Å²) in [5, 5.41) is 22.3. The first-order valence-corrected chi connectivity index (χ1v) is 11.6. The van der Waals surface area contributed by atoms with Crippen LogP contribution in [-0.2, 0) is 14.3 Å². The van der Waals surface area contributed by atoms with Gasteiger partial charge in [-0.15, -0.1) is 0 Å². The number of benzene rings is 2. The molecule has 2 aliphatic rings. The Morgan fingerprint density at radius 3 is 2.24 bits per heavy atom. The summed E-state index contributed by atoms with van der Waals surface area (Å²) in [5.41, 5.74) is 2.46. The lowest BCUT2D eigenvalue weighted by Crippen LogP contribution is -2.59. The maximum absolute atomic E-state index is 13.1. The Morgan fingerprint density at radius 1 is 1.09 bits per heavy atom. The molecule has 3 N–H and O–H groups in total. The van der Waals surface area contributed by atoms with Crippen LogP contribution in [0.15, 0.2) is 48.5 Å². The first-order chi connectivity index (χ1) is 16.2. The van der Waals surface area contributed by atoms with Gasteiger partial charge in [0.25, 0.3) is 0 Å². The summed E-state index contributed by atoms with van der Waals surface area (Å²) in [7, 11) is 0. The molecule has 0 saturated carbocycles. The Labute approximate surface area is 198 Å². The average molecular weight is 467 g/mol. The number of hydrogen-bond donors (Lipinski definition) is 3. The number of hydrogen-bond acceptors (Lipinski definition) is 5. The van der Waals surface area contributed by atoms with E-state index in [4.69, 9.17) is 4.74 Å². The molecular formula is C26H30N2O6. The predicted molar refractivity (Wildman–Crippen MR) is 125 cm³/mol. The number of ether oxygens (including phenoxy) is 1. The van der Waals surface area contributed by atoms with Gasteiger partial charge in [-0.1, -0.05) is 62.4 Å². The van der Waals surface area contributed by atoms with Crippen molar-refractivity contribution in [3.63, 3.8) is 0 Å². The van der Waals surface area contributed by atoms with E-state index in [-0.39, 0.29) is 31.4 Å². The smallest absolute Gasteiger partial charge is 0.407 e. The van der Waals surface area contributed by atoms with E-state index < -0.39 is 29.6 Å². The fourth-order valence-corrected chi connectivity index (χ4v) is 4.88. The van der Waals surface area contributed by atoms with Crippen LogP contribution in [0.4, 0.5) is 4.79 Å². The summed E-state index contributed by atoms with van der Waals surface area (Å²) in [5.74, 6) is -2.13. The van der Waals surface area contributed by atoms with Crippen molar-refractivity contribution >= 4 is 18.0 Å². The molecule has 2 amide bonds. The van der Waals surface area contributed by atoms with E-state index in [0.29, 0.717) is 13.0 Å². The second-order valence-corrected chi connectivity index (χ2v) is 9.39. The number of likely N-dealkylation sites (tertiary alicyclic amines) is 1. The van der Waals surface area contributed by atoms with Crippen molar-refractivity contribution in [1.29, 1.82) is 0 Å². The van der Waals surface area contributed by atoms with Crippen molar-refractivity contribution in [3.05, 3.63) is 59.7 Å². The largest absolute Gasteiger partial charge is 0.479 e. The Hall–Kier alpha value is -3.39. The third-order valence-corrected chi connectivity index (χ3v) is 6.73. The summed E-state index contributed by atoms with van der Waals surface area (Å²) in [6.07, 6.45) is -0.262. The number of carboxylic acids is 1. The second-order valence-electron chi connectivity index (χ2n) is 9.39. The van der Waals surface area contributed by atoms with Crippen molar-refractivity contribution in [1.82, 2.24) is 10.2 Å². The molecule has 1 unspecified atom stereocenters. The van der Waals surface area contributed by atoms with Crippen LogP contribution in [0.2, 0.25) is 0 Å². The lowest BCUT2D eigenvalue weighted by molar-refractivity contribution is -0.167. The van der Waals surface area contributed by atoms with Gasteiger partial charge < -0.3 is 25.2 Å². The van der Waals surface area contributed by atoms with Crippen molar-refractivity contribution in [2.45, 2.75) is 44.2 Å². The molecule has 8 nitrogen and oxygen atoms in total. The average Bonchev–Trinajstić information content (AvgIpc) is 3.14. The number of alkyl carbamates (subject to hydrolysis) is 1. The number of aliphatic carboxylic acids is 1. The molecule has 34 heavy (non-hydrogen) atoms. The topological polar surface area (TPSA) is 116 Å². The van der Waals surface area contributed by atoms with E-state index in [9.17, 15) is 24.6 Å². The van der Waals surface area contributed by atoms with Crippen molar-refractivity contribution in [3.8, 4) is 11.1 Å². The van der Waals surface area contributed by atoms with Crippen LogP contribution >= 0.6 is 0 Å². The second kappa shape index (κ2) is 9.46. The van der Waals surface area contributed by atoms with E-state index in [1.807, 2.05) is 36.4 Å². The summed E-state index contributed by atoms with van der Waals surface area (Å²) < 4.78 is 5.57. The van der Waals surface area contributed by atoms with E-state index in [2.05, 4.69) is 17.4 Å². The minimum atomic E-state index is -1.97. The van der Waals surface area contributed by atoms with Gasteiger partial charge in [-0.25, -0.2) is 9.59 Å².